The average molecular weight is 321 g/mol. The van der Waals surface area contributed by atoms with Gasteiger partial charge in [-0.2, -0.15) is 0 Å². The first-order valence-electron chi connectivity index (χ1n) is 6.02. The summed E-state index contributed by atoms with van der Waals surface area (Å²) in [6.07, 6.45) is 0.195. The van der Waals surface area contributed by atoms with Crippen molar-refractivity contribution >= 4 is 21.7 Å². The minimum absolute atomic E-state index is 0.00519. The Morgan fingerprint density at radius 3 is 2.58 bits per heavy atom. The molecule has 2 aromatic carbocycles. The second-order valence-corrected chi connectivity index (χ2v) is 5.40. The van der Waals surface area contributed by atoms with Crippen LogP contribution in [0.4, 0.5) is 4.39 Å². The Morgan fingerprint density at radius 1 is 1.16 bits per heavy atom. The zero-order chi connectivity index (χ0) is 14.0. The first-order chi connectivity index (χ1) is 8.99. The summed E-state index contributed by atoms with van der Waals surface area (Å²) in [4.78, 5) is 12.2. The fourth-order valence-corrected chi connectivity index (χ4v) is 2.28. The van der Waals surface area contributed by atoms with E-state index in [4.69, 9.17) is 0 Å². The predicted octanol–water partition coefficient (Wildman–Crippen LogP) is 4.63. The van der Waals surface area contributed by atoms with Gasteiger partial charge in [-0.25, -0.2) is 4.39 Å². The Balaban J connectivity index is 2.26. The van der Waals surface area contributed by atoms with Crippen LogP contribution in [-0.2, 0) is 6.42 Å². The number of aryl methyl sites for hydroxylation is 2. The van der Waals surface area contributed by atoms with Crippen LogP contribution < -0.4 is 0 Å². The molecule has 0 spiro atoms. The number of hydrogen-bond acceptors (Lipinski definition) is 1. The summed E-state index contributed by atoms with van der Waals surface area (Å²) < 4.78 is 13.8. The molecule has 2 aromatic rings. The molecule has 1 nitrogen and oxygen atoms in total. The van der Waals surface area contributed by atoms with Crippen molar-refractivity contribution in [2.24, 2.45) is 0 Å². The molecule has 0 radical (unpaired) electrons. The first-order valence-corrected chi connectivity index (χ1v) is 6.81. The number of carbonyl (C=O) groups excluding carboxylic acids is 1. The number of hydrogen-bond donors (Lipinski definition) is 0. The highest BCUT2D eigenvalue weighted by molar-refractivity contribution is 9.10. The fraction of sp³-hybridized carbons (Fsp3) is 0.188. The lowest BCUT2D eigenvalue weighted by atomic mass is 9.99. The van der Waals surface area contributed by atoms with E-state index in [0.29, 0.717) is 15.6 Å². The lowest BCUT2D eigenvalue weighted by molar-refractivity contribution is 0.0992. The molecule has 0 saturated heterocycles. The molecule has 0 heterocycles. The molecule has 0 aliphatic heterocycles. The van der Waals surface area contributed by atoms with Crippen LogP contribution in [0.5, 0.6) is 0 Å². The molecule has 0 bridgehead atoms. The maximum absolute atomic E-state index is 13.4. The third-order valence-corrected chi connectivity index (χ3v) is 4.10. The van der Waals surface area contributed by atoms with Crippen LogP contribution in [0.25, 0.3) is 0 Å². The van der Waals surface area contributed by atoms with Gasteiger partial charge in [-0.05, 0) is 58.6 Å². The van der Waals surface area contributed by atoms with E-state index in [1.807, 2.05) is 32.0 Å². The normalized spacial score (nSPS) is 10.5. The average Bonchev–Trinajstić information content (AvgIpc) is 2.38. The zero-order valence-electron chi connectivity index (χ0n) is 10.8. The number of halogens is 2. The number of benzene rings is 2. The van der Waals surface area contributed by atoms with Crippen molar-refractivity contribution in [3.63, 3.8) is 0 Å². The Hall–Kier alpha value is -1.48. The van der Waals surface area contributed by atoms with E-state index in [9.17, 15) is 9.18 Å². The molecule has 0 unspecified atom stereocenters. The van der Waals surface area contributed by atoms with E-state index < -0.39 is 0 Å². The van der Waals surface area contributed by atoms with E-state index in [1.54, 1.807) is 12.1 Å². The van der Waals surface area contributed by atoms with E-state index in [2.05, 4.69) is 15.9 Å². The highest BCUT2D eigenvalue weighted by atomic mass is 79.9. The van der Waals surface area contributed by atoms with Crippen LogP contribution in [0.1, 0.15) is 27.0 Å². The molecular weight excluding hydrogens is 307 g/mol. The Morgan fingerprint density at radius 2 is 1.89 bits per heavy atom. The van der Waals surface area contributed by atoms with E-state index in [1.165, 1.54) is 6.07 Å². The maximum Gasteiger partial charge on any atom is 0.167 e. The van der Waals surface area contributed by atoms with Gasteiger partial charge < -0.3 is 0 Å². The SMILES string of the molecule is Cc1ccc(C(=O)Cc2cccc(F)c2Br)cc1C. The Kier molecular flexibility index (Phi) is 4.15. The quantitative estimate of drug-likeness (QED) is 0.753. The minimum atomic E-state index is -0.342. The van der Waals surface area contributed by atoms with Crippen LogP contribution in [0.2, 0.25) is 0 Å². The van der Waals surface area contributed by atoms with Crippen molar-refractivity contribution in [1.29, 1.82) is 0 Å². The monoisotopic (exact) mass is 320 g/mol. The number of rotatable bonds is 3. The van der Waals surface area contributed by atoms with Gasteiger partial charge in [0.2, 0.25) is 0 Å². The molecule has 0 atom stereocenters. The third kappa shape index (κ3) is 3.10. The highest BCUT2D eigenvalue weighted by Gasteiger charge is 2.12. The topological polar surface area (TPSA) is 17.1 Å². The maximum atomic E-state index is 13.4. The zero-order valence-corrected chi connectivity index (χ0v) is 12.4. The van der Waals surface area contributed by atoms with Crippen LogP contribution >= 0.6 is 15.9 Å². The largest absolute Gasteiger partial charge is 0.294 e. The van der Waals surface area contributed by atoms with Crippen molar-refractivity contribution in [2.45, 2.75) is 20.3 Å². The van der Waals surface area contributed by atoms with Crippen molar-refractivity contribution in [3.05, 3.63) is 68.9 Å². The van der Waals surface area contributed by atoms with Crippen molar-refractivity contribution < 1.29 is 9.18 Å². The van der Waals surface area contributed by atoms with Crippen molar-refractivity contribution in [1.82, 2.24) is 0 Å². The van der Waals surface area contributed by atoms with Gasteiger partial charge in [0.25, 0.3) is 0 Å². The van der Waals surface area contributed by atoms with Crippen LogP contribution in [0, 0.1) is 19.7 Å². The molecule has 0 saturated carbocycles. The molecule has 98 valence electrons. The Labute approximate surface area is 120 Å². The molecule has 19 heavy (non-hydrogen) atoms. The molecule has 2 rings (SSSR count). The second-order valence-electron chi connectivity index (χ2n) is 4.61. The predicted molar refractivity (Wildman–Crippen MR) is 78.1 cm³/mol. The van der Waals surface area contributed by atoms with Crippen molar-refractivity contribution in [3.8, 4) is 0 Å². The summed E-state index contributed by atoms with van der Waals surface area (Å²) in [6, 6.07) is 10.4. The van der Waals surface area contributed by atoms with Crippen molar-refractivity contribution in [2.75, 3.05) is 0 Å². The minimum Gasteiger partial charge on any atom is -0.294 e. The smallest absolute Gasteiger partial charge is 0.167 e. The lowest BCUT2D eigenvalue weighted by Crippen LogP contribution is -2.05. The number of ketones is 1. The molecule has 0 aliphatic carbocycles. The summed E-state index contributed by atoms with van der Waals surface area (Å²) in [6.45, 7) is 3.98. The number of carbonyl (C=O) groups is 1. The molecule has 0 amide bonds. The molecule has 0 aliphatic rings. The molecule has 0 fully saturated rings. The third-order valence-electron chi connectivity index (χ3n) is 3.21. The van der Waals surface area contributed by atoms with Crippen LogP contribution in [0.15, 0.2) is 40.9 Å². The summed E-state index contributed by atoms with van der Waals surface area (Å²) in [5, 5.41) is 0. The summed E-state index contributed by atoms with van der Waals surface area (Å²) in [5.74, 6) is -0.347. The first kappa shape index (κ1) is 13.9. The fourth-order valence-electron chi connectivity index (χ4n) is 1.87. The number of Topliss-reactive ketones (excluding diaryl/α,β-unsaturated/α-hetero) is 1. The molecule has 0 N–H and O–H groups in total. The van der Waals surface area contributed by atoms with Crippen LogP contribution in [0.3, 0.4) is 0 Å². The molecular formula is C16H14BrFO. The highest BCUT2D eigenvalue weighted by Crippen LogP contribution is 2.22. The Bertz CT molecular complexity index is 635. The lowest BCUT2D eigenvalue weighted by Gasteiger charge is -2.07. The van der Waals surface area contributed by atoms with E-state index >= 15 is 0 Å². The standard InChI is InChI=1S/C16H14BrFO/c1-10-6-7-12(8-11(10)2)15(19)9-13-4-3-5-14(18)16(13)17/h3-8H,9H2,1-2H3. The van der Waals surface area contributed by atoms with Gasteiger partial charge in [-0.1, -0.05) is 24.3 Å². The molecule has 0 aromatic heterocycles. The van der Waals surface area contributed by atoms with Crippen LogP contribution in [-0.4, -0.2) is 5.78 Å². The summed E-state index contributed by atoms with van der Waals surface area (Å²) >= 11 is 3.18. The van der Waals surface area contributed by atoms with Gasteiger partial charge in [-0.3, -0.25) is 4.79 Å². The van der Waals surface area contributed by atoms with Gasteiger partial charge in [0.15, 0.2) is 5.78 Å². The molecule has 3 heteroatoms. The van der Waals surface area contributed by atoms with Gasteiger partial charge in [-0.15, -0.1) is 0 Å². The summed E-state index contributed by atoms with van der Waals surface area (Å²) in [7, 11) is 0. The van der Waals surface area contributed by atoms with Gasteiger partial charge in [0, 0.05) is 12.0 Å². The van der Waals surface area contributed by atoms with E-state index in [0.717, 1.165) is 11.1 Å². The van der Waals surface area contributed by atoms with E-state index in [-0.39, 0.29) is 18.0 Å². The summed E-state index contributed by atoms with van der Waals surface area (Å²) in [5.41, 5.74) is 3.58. The van der Waals surface area contributed by atoms with Gasteiger partial charge in [0.05, 0.1) is 4.47 Å². The van der Waals surface area contributed by atoms with Gasteiger partial charge >= 0.3 is 0 Å². The second kappa shape index (κ2) is 5.66. The van der Waals surface area contributed by atoms with Gasteiger partial charge in [0.1, 0.15) is 5.82 Å².